The monoisotopic (exact) mass is 521 g/mol. The number of hydrogen-bond donors (Lipinski definition) is 4. The number of nitrogens with zero attached hydrogens (tertiary/aromatic N) is 1. The molecule has 0 aromatic heterocycles. The van der Waals surface area contributed by atoms with Gasteiger partial charge in [0.2, 0.25) is 23.6 Å². The first-order valence-corrected chi connectivity index (χ1v) is 12.5. The number of nitrogens with one attached hydrogen (secondary N) is 3. The van der Waals surface area contributed by atoms with Crippen LogP contribution in [0.5, 0.6) is 0 Å². The Morgan fingerprint density at radius 1 is 0.811 bits per heavy atom. The van der Waals surface area contributed by atoms with Crippen molar-refractivity contribution in [3.05, 3.63) is 11.8 Å². The zero-order valence-electron chi connectivity index (χ0n) is 23.1. The summed E-state index contributed by atoms with van der Waals surface area (Å²) >= 11 is 0. The van der Waals surface area contributed by atoms with E-state index >= 15 is 0 Å². The highest BCUT2D eigenvalue weighted by Crippen LogP contribution is 2.14. The SMILES string of the molecule is C/C=N\C(=C/C)C[C@@H](NC(=O)[C@@H](C)CC(C)C)C(=O)N[C@@H](CCC(N)=O)C(=O)N[C@H](CC(C)=O)C(C)=O. The fourth-order valence-electron chi connectivity index (χ4n) is 3.64. The molecule has 5 N–H and O–H groups in total. The van der Waals surface area contributed by atoms with Crippen LogP contribution in [0.1, 0.15) is 80.6 Å². The number of carbonyl (C=O) groups is 6. The molecule has 0 heterocycles. The standard InChI is InChI=1S/C26H43N5O6/c1-8-19(28-9-2)14-22(31-24(35)16(5)12-15(3)4)26(37)29-20(10-11-23(27)34)25(36)30-21(18(7)33)13-17(6)32/h8-9,15-16,20-22H,10-14H2,1-7H3,(H2,27,34)(H,29,37)(H,30,36)(H,31,35)/b19-8-,28-9-/t16-,20-,21+,22+/m0/s1. The van der Waals surface area contributed by atoms with Gasteiger partial charge in [-0.1, -0.05) is 26.8 Å². The number of aliphatic imine (C=N–C) groups is 1. The molecular weight excluding hydrogens is 478 g/mol. The molecule has 208 valence electrons. The predicted octanol–water partition coefficient (Wildman–Crippen LogP) is 1.34. The predicted molar refractivity (Wildman–Crippen MR) is 141 cm³/mol. The Hall–Kier alpha value is -3.37. The highest BCUT2D eigenvalue weighted by Gasteiger charge is 2.30. The molecule has 0 radical (unpaired) electrons. The summed E-state index contributed by atoms with van der Waals surface area (Å²) in [6.07, 6.45) is 3.41. The molecule has 0 aromatic rings. The highest BCUT2D eigenvalue weighted by atomic mass is 16.2. The fourth-order valence-corrected chi connectivity index (χ4v) is 3.64. The molecule has 0 saturated heterocycles. The Kier molecular flexibility index (Phi) is 15.6. The maximum Gasteiger partial charge on any atom is 0.243 e. The van der Waals surface area contributed by atoms with Crippen molar-refractivity contribution >= 4 is 41.4 Å². The van der Waals surface area contributed by atoms with Gasteiger partial charge in [-0.2, -0.15) is 0 Å². The summed E-state index contributed by atoms with van der Waals surface area (Å²) in [5.74, 6) is -3.21. The number of carbonyl (C=O) groups excluding carboxylic acids is 6. The zero-order chi connectivity index (χ0) is 28.7. The molecule has 4 atom stereocenters. The van der Waals surface area contributed by atoms with Gasteiger partial charge < -0.3 is 21.7 Å². The van der Waals surface area contributed by atoms with Gasteiger partial charge in [0, 0.05) is 37.1 Å². The van der Waals surface area contributed by atoms with Gasteiger partial charge in [0.15, 0.2) is 5.78 Å². The number of Topliss-reactive ketones (excluding diaryl/α,β-unsaturated/α-hetero) is 2. The van der Waals surface area contributed by atoms with Gasteiger partial charge in [-0.3, -0.25) is 33.8 Å². The fraction of sp³-hybridized carbons (Fsp3) is 0.654. The van der Waals surface area contributed by atoms with E-state index in [1.807, 2.05) is 13.8 Å². The van der Waals surface area contributed by atoms with E-state index in [4.69, 9.17) is 5.73 Å². The molecule has 0 aromatic carbocycles. The van der Waals surface area contributed by atoms with Crippen LogP contribution < -0.4 is 21.7 Å². The lowest BCUT2D eigenvalue weighted by atomic mass is 9.97. The third kappa shape index (κ3) is 14.1. The van der Waals surface area contributed by atoms with Crippen LogP contribution in [-0.2, 0) is 28.8 Å². The van der Waals surface area contributed by atoms with Crippen LogP contribution >= 0.6 is 0 Å². The number of ketones is 2. The largest absolute Gasteiger partial charge is 0.370 e. The maximum atomic E-state index is 13.3. The van der Waals surface area contributed by atoms with E-state index < -0.39 is 41.6 Å². The summed E-state index contributed by atoms with van der Waals surface area (Å²) in [7, 11) is 0. The summed E-state index contributed by atoms with van der Waals surface area (Å²) in [6.45, 7) is 11.7. The molecule has 0 saturated carbocycles. The minimum absolute atomic E-state index is 0.0668. The molecule has 0 bridgehead atoms. The summed E-state index contributed by atoms with van der Waals surface area (Å²) in [5.41, 5.74) is 5.79. The summed E-state index contributed by atoms with van der Waals surface area (Å²) < 4.78 is 0. The number of hydrogen-bond acceptors (Lipinski definition) is 7. The first-order chi connectivity index (χ1) is 17.2. The van der Waals surface area contributed by atoms with Crippen molar-refractivity contribution in [2.45, 2.75) is 98.7 Å². The molecule has 0 unspecified atom stereocenters. The van der Waals surface area contributed by atoms with E-state index in [1.54, 1.807) is 33.1 Å². The van der Waals surface area contributed by atoms with Gasteiger partial charge in [0.25, 0.3) is 0 Å². The minimum atomic E-state index is -1.23. The van der Waals surface area contributed by atoms with Gasteiger partial charge >= 0.3 is 0 Å². The summed E-state index contributed by atoms with van der Waals surface area (Å²) in [5, 5.41) is 7.80. The van der Waals surface area contributed by atoms with Gasteiger partial charge in [-0.05, 0) is 46.5 Å². The van der Waals surface area contributed by atoms with E-state index in [-0.39, 0.29) is 49.2 Å². The third-order valence-electron chi connectivity index (χ3n) is 5.56. The summed E-state index contributed by atoms with van der Waals surface area (Å²) in [4.78, 5) is 78.1. The van der Waals surface area contributed by atoms with Gasteiger partial charge in [-0.25, -0.2) is 0 Å². The molecular formula is C26H43N5O6. The lowest BCUT2D eigenvalue weighted by molar-refractivity contribution is -0.134. The molecule has 0 aliphatic heterocycles. The number of amides is 4. The van der Waals surface area contributed by atoms with E-state index in [9.17, 15) is 28.8 Å². The minimum Gasteiger partial charge on any atom is -0.370 e. The maximum absolute atomic E-state index is 13.3. The van der Waals surface area contributed by atoms with Crippen LogP contribution in [0.25, 0.3) is 0 Å². The lowest BCUT2D eigenvalue weighted by Gasteiger charge is -2.25. The second kappa shape index (κ2) is 17.1. The van der Waals surface area contributed by atoms with Crippen LogP contribution in [0, 0.1) is 11.8 Å². The van der Waals surface area contributed by atoms with Crippen LogP contribution in [-0.4, -0.2) is 59.5 Å². The smallest absolute Gasteiger partial charge is 0.243 e. The van der Waals surface area contributed by atoms with Gasteiger partial charge in [0.1, 0.15) is 17.9 Å². The second-order valence-electron chi connectivity index (χ2n) is 9.61. The Morgan fingerprint density at radius 3 is 1.81 bits per heavy atom. The molecule has 11 nitrogen and oxygen atoms in total. The number of rotatable bonds is 17. The quantitative estimate of drug-likeness (QED) is 0.210. The van der Waals surface area contributed by atoms with Crippen molar-refractivity contribution in [3.8, 4) is 0 Å². The molecule has 0 aliphatic rings. The summed E-state index contributed by atoms with van der Waals surface area (Å²) in [6, 6.07) is -3.36. The molecule has 0 aliphatic carbocycles. The first kappa shape index (κ1) is 33.6. The number of allylic oxidation sites excluding steroid dienone is 1. The Labute approximate surface area is 219 Å². The average Bonchev–Trinajstić information content (AvgIpc) is 2.78. The normalized spacial score (nSPS) is 15.0. The van der Waals surface area contributed by atoms with Gasteiger partial charge in [-0.15, -0.1) is 0 Å². The molecule has 4 amide bonds. The van der Waals surface area contributed by atoms with Gasteiger partial charge in [0.05, 0.1) is 6.04 Å². The lowest BCUT2D eigenvalue weighted by Crippen LogP contribution is -2.56. The third-order valence-corrected chi connectivity index (χ3v) is 5.56. The topological polar surface area (TPSA) is 177 Å². The van der Waals surface area contributed by atoms with E-state index in [0.717, 1.165) is 0 Å². The first-order valence-electron chi connectivity index (χ1n) is 12.5. The average molecular weight is 522 g/mol. The zero-order valence-corrected chi connectivity index (χ0v) is 23.1. The molecule has 0 spiro atoms. The Bertz CT molecular complexity index is 896. The number of nitrogens with two attached hydrogens (primary N) is 1. The van der Waals surface area contributed by atoms with E-state index in [0.29, 0.717) is 12.1 Å². The van der Waals surface area contributed by atoms with Crippen molar-refractivity contribution < 1.29 is 28.8 Å². The van der Waals surface area contributed by atoms with Crippen molar-refractivity contribution in [3.63, 3.8) is 0 Å². The number of primary amides is 1. The Morgan fingerprint density at radius 2 is 1.35 bits per heavy atom. The van der Waals surface area contributed by atoms with Crippen molar-refractivity contribution in [1.29, 1.82) is 0 Å². The van der Waals surface area contributed by atoms with Crippen molar-refractivity contribution in [1.82, 2.24) is 16.0 Å². The Balaban J connectivity index is 5.92. The van der Waals surface area contributed by atoms with Crippen molar-refractivity contribution in [2.24, 2.45) is 22.6 Å². The highest BCUT2D eigenvalue weighted by molar-refractivity contribution is 5.96. The van der Waals surface area contributed by atoms with Crippen molar-refractivity contribution in [2.75, 3.05) is 0 Å². The van der Waals surface area contributed by atoms with Crippen LogP contribution in [0.4, 0.5) is 0 Å². The van der Waals surface area contributed by atoms with E-state index in [1.165, 1.54) is 13.8 Å². The molecule has 0 fully saturated rings. The van der Waals surface area contributed by atoms with Crippen LogP contribution in [0.3, 0.4) is 0 Å². The van der Waals surface area contributed by atoms with E-state index in [2.05, 4.69) is 20.9 Å². The van der Waals surface area contributed by atoms with Crippen LogP contribution in [0.2, 0.25) is 0 Å². The molecule has 0 rings (SSSR count). The molecule has 37 heavy (non-hydrogen) atoms. The molecule has 11 heteroatoms. The van der Waals surface area contributed by atoms with Crippen LogP contribution in [0.15, 0.2) is 16.8 Å². The second-order valence-corrected chi connectivity index (χ2v) is 9.61.